The summed E-state index contributed by atoms with van der Waals surface area (Å²) in [7, 11) is 0. The summed E-state index contributed by atoms with van der Waals surface area (Å²) in [6.07, 6.45) is 4.88. The van der Waals surface area contributed by atoms with Gasteiger partial charge in [-0.25, -0.2) is 4.98 Å². The van der Waals surface area contributed by atoms with Crippen molar-refractivity contribution in [2.75, 3.05) is 10.6 Å². The fourth-order valence-electron chi connectivity index (χ4n) is 2.05. The summed E-state index contributed by atoms with van der Waals surface area (Å²) in [5.41, 5.74) is 7.79. The highest BCUT2D eigenvalue weighted by atomic mass is 35.5. The van der Waals surface area contributed by atoms with Crippen LogP contribution in [0.1, 0.15) is 15.2 Å². The smallest absolute Gasteiger partial charge is 0.267 e. The number of hydrogen-bond acceptors (Lipinski definition) is 6. The number of rotatable bonds is 5. The Balaban J connectivity index is 1.75. The van der Waals surface area contributed by atoms with Gasteiger partial charge in [-0.1, -0.05) is 35.1 Å². The highest BCUT2D eigenvalue weighted by Crippen LogP contribution is 2.28. The number of thiazole rings is 1. The number of pyridine rings is 1. The third-order valence-electron chi connectivity index (χ3n) is 3.20. The monoisotopic (exact) mass is 359 g/mol. The fraction of sp³-hybridized carbons (Fsp3) is 0.0625. The van der Waals surface area contributed by atoms with Gasteiger partial charge in [0.25, 0.3) is 5.91 Å². The molecule has 0 saturated carbocycles. The molecule has 122 valence electrons. The lowest BCUT2D eigenvalue weighted by Crippen LogP contribution is -2.13. The Morgan fingerprint density at radius 3 is 2.88 bits per heavy atom. The number of hydrogen-bond donors (Lipinski definition) is 3. The third-order valence-corrected chi connectivity index (χ3v) is 4.43. The summed E-state index contributed by atoms with van der Waals surface area (Å²) in [5, 5.41) is 6.95. The molecule has 2 aromatic heterocycles. The number of nitrogens with zero attached hydrogens (tertiary/aromatic N) is 2. The first kappa shape index (κ1) is 16.4. The van der Waals surface area contributed by atoms with Crippen molar-refractivity contribution in [2.45, 2.75) is 6.54 Å². The number of benzene rings is 1. The Morgan fingerprint density at radius 1 is 1.25 bits per heavy atom. The molecule has 0 fully saturated rings. The van der Waals surface area contributed by atoms with E-state index in [0.717, 1.165) is 11.3 Å². The van der Waals surface area contributed by atoms with E-state index in [4.69, 9.17) is 17.3 Å². The summed E-state index contributed by atoms with van der Waals surface area (Å²) in [6, 6.07) is 9.01. The molecule has 0 atom stereocenters. The molecule has 0 aliphatic carbocycles. The van der Waals surface area contributed by atoms with E-state index in [0.29, 0.717) is 20.7 Å². The Bertz CT molecular complexity index is 853. The van der Waals surface area contributed by atoms with Gasteiger partial charge in [0.2, 0.25) is 0 Å². The molecule has 0 aliphatic heterocycles. The van der Waals surface area contributed by atoms with Crippen molar-refractivity contribution >= 4 is 45.4 Å². The molecule has 1 amide bonds. The topological polar surface area (TPSA) is 92.9 Å². The van der Waals surface area contributed by atoms with Crippen LogP contribution in [0.3, 0.4) is 0 Å². The quantitative estimate of drug-likeness (QED) is 0.646. The maximum atomic E-state index is 12.4. The van der Waals surface area contributed by atoms with E-state index < -0.39 is 0 Å². The summed E-state index contributed by atoms with van der Waals surface area (Å²) < 4.78 is 0. The van der Waals surface area contributed by atoms with Crippen LogP contribution in [0.4, 0.5) is 16.5 Å². The van der Waals surface area contributed by atoms with Crippen LogP contribution < -0.4 is 16.4 Å². The third kappa shape index (κ3) is 3.70. The molecule has 0 radical (unpaired) electrons. The van der Waals surface area contributed by atoms with Crippen molar-refractivity contribution < 1.29 is 4.79 Å². The van der Waals surface area contributed by atoms with Crippen molar-refractivity contribution in [1.29, 1.82) is 0 Å². The standard InChI is InChI=1S/C16H14ClN5OS/c17-12-5-1-3-10(7-18)14(12)22-15(23)13-9-20-16(24-13)21-11-4-2-6-19-8-11/h1-6,8-9H,7,18H2,(H,20,21)(H,22,23). The molecule has 0 spiro atoms. The minimum Gasteiger partial charge on any atom is -0.330 e. The molecular weight excluding hydrogens is 346 g/mol. The van der Waals surface area contributed by atoms with Gasteiger partial charge in [0, 0.05) is 12.7 Å². The molecule has 0 unspecified atom stereocenters. The lowest BCUT2D eigenvalue weighted by atomic mass is 10.1. The van der Waals surface area contributed by atoms with Crippen molar-refractivity contribution in [1.82, 2.24) is 9.97 Å². The zero-order chi connectivity index (χ0) is 16.9. The number of para-hydroxylation sites is 1. The molecule has 4 N–H and O–H groups in total. The fourth-order valence-corrected chi connectivity index (χ4v) is 3.02. The normalized spacial score (nSPS) is 10.4. The predicted octanol–water partition coefficient (Wildman–Crippen LogP) is 3.65. The Hall–Kier alpha value is -2.48. The van der Waals surface area contributed by atoms with E-state index in [2.05, 4.69) is 20.6 Å². The number of nitrogens with one attached hydrogen (secondary N) is 2. The second-order valence-corrected chi connectivity index (χ2v) is 6.27. The van der Waals surface area contributed by atoms with Crippen LogP contribution in [0.5, 0.6) is 0 Å². The van der Waals surface area contributed by atoms with Gasteiger partial charge in [0.1, 0.15) is 4.88 Å². The van der Waals surface area contributed by atoms with Crippen LogP contribution in [-0.4, -0.2) is 15.9 Å². The average molecular weight is 360 g/mol. The van der Waals surface area contributed by atoms with Gasteiger partial charge in [-0.2, -0.15) is 0 Å². The molecule has 3 aromatic rings. The van der Waals surface area contributed by atoms with E-state index in [9.17, 15) is 4.79 Å². The molecule has 3 rings (SSSR count). The average Bonchev–Trinajstić information content (AvgIpc) is 3.06. The minimum absolute atomic E-state index is 0.283. The SMILES string of the molecule is NCc1cccc(Cl)c1NC(=O)c1cnc(Nc2cccnc2)s1. The number of aromatic nitrogens is 2. The van der Waals surface area contributed by atoms with Gasteiger partial charge in [-0.05, 0) is 23.8 Å². The van der Waals surface area contributed by atoms with E-state index in [1.807, 2.05) is 18.2 Å². The number of amides is 1. The summed E-state index contributed by atoms with van der Waals surface area (Å²) >= 11 is 7.39. The van der Waals surface area contributed by atoms with Crippen LogP contribution in [-0.2, 0) is 6.54 Å². The summed E-state index contributed by atoms with van der Waals surface area (Å²) in [5.74, 6) is -0.283. The van der Waals surface area contributed by atoms with Gasteiger partial charge in [-0.3, -0.25) is 9.78 Å². The van der Waals surface area contributed by atoms with Crippen LogP contribution in [0, 0.1) is 0 Å². The zero-order valence-electron chi connectivity index (χ0n) is 12.5. The van der Waals surface area contributed by atoms with Crippen LogP contribution in [0.2, 0.25) is 5.02 Å². The number of halogens is 1. The van der Waals surface area contributed by atoms with Crippen molar-refractivity contribution in [2.24, 2.45) is 5.73 Å². The summed E-state index contributed by atoms with van der Waals surface area (Å²) in [4.78, 5) is 21.1. The van der Waals surface area contributed by atoms with Gasteiger partial charge >= 0.3 is 0 Å². The van der Waals surface area contributed by atoms with Crippen molar-refractivity contribution in [3.63, 3.8) is 0 Å². The van der Waals surface area contributed by atoms with Crippen LogP contribution in [0.15, 0.2) is 48.9 Å². The Kier molecular flexibility index (Phi) is 5.05. The number of anilines is 3. The molecule has 8 heteroatoms. The number of nitrogens with two attached hydrogens (primary N) is 1. The highest BCUT2D eigenvalue weighted by molar-refractivity contribution is 7.17. The van der Waals surface area contributed by atoms with Gasteiger partial charge in [0.05, 0.1) is 28.8 Å². The van der Waals surface area contributed by atoms with Crippen molar-refractivity contribution in [3.05, 3.63) is 64.4 Å². The first-order chi connectivity index (χ1) is 11.7. The molecule has 0 aliphatic rings. The maximum absolute atomic E-state index is 12.4. The van der Waals surface area contributed by atoms with E-state index in [-0.39, 0.29) is 12.5 Å². The largest absolute Gasteiger partial charge is 0.330 e. The minimum atomic E-state index is -0.283. The second kappa shape index (κ2) is 7.39. The first-order valence-corrected chi connectivity index (χ1v) is 8.28. The molecule has 6 nitrogen and oxygen atoms in total. The van der Waals surface area contributed by atoms with Gasteiger partial charge in [0.15, 0.2) is 5.13 Å². The van der Waals surface area contributed by atoms with Gasteiger partial charge in [-0.15, -0.1) is 0 Å². The van der Waals surface area contributed by atoms with Crippen LogP contribution >= 0.6 is 22.9 Å². The second-order valence-electron chi connectivity index (χ2n) is 4.83. The number of carbonyl (C=O) groups excluding carboxylic acids is 1. The molecule has 24 heavy (non-hydrogen) atoms. The number of carbonyl (C=O) groups is 1. The van der Waals surface area contributed by atoms with Crippen molar-refractivity contribution in [3.8, 4) is 0 Å². The zero-order valence-corrected chi connectivity index (χ0v) is 14.1. The predicted molar refractivity (Wildman–Crippen MR) is 96.9 cm³/mol. The van der Waals surface area contributed by atoms with E-state index in [1.165, 1.54) is 17.5 Å². The molecule has 1 aromatic carbocycles. The van der Waals surface area contributed by atoms with E-state index in [1.54, 1.807) is 24.5 Å². The van der Waals surface area contributed by atoms with Gasteiger partial charge < -0.3 is 16.4 Å². The lowest BCUT2D eigenvalue weighted by Gasteiger charge is -2.10. The molecule has 2 heterocycles. The molecule has 0 saturated heterocycles. The Morgan fingerprint density at radius 2 is 2.12 bits per heavy atom. The first-order valence-electron chi connectivity index (χ1n) is 7.09. The van der Waals surface area contributed by atoms with Crippen LogP contribution in [0.25, 0.3) is 0 Å². The lowest BCUT2D eigenvalue weighted by molar-refractivity contribution is 0.103. The van der Waals surface area contributed by atoms with E-state index >= 15 is 0 Å². The Labute approximate surface area is 147 Å². The highest BCUT2D eigenvalue weighted by Gasteiger charge is 2.14. The molecule has 0 bridgehead atoms. The maximum Gasteiger partial charge on any atom is 0.267 e. The molecular formula is C16H14ClN5OS. The summed E-state index contributed by atoms with van der Waals surface area (Å²) in [6.45, 7) is 0.284.